The molecule has 0 aliphatic carbocycles. The molecule has 0 bridgehead atoms. The first-order valence-electron chi connectivity index (χ1n) is 5.91. The number of amides is 1. The Morgan fingerprint density at radius 2 is 1.74 bits per heavy atom. The van der Waals surface area contributed by atoms with Gasteiger partial charge in [-0.1, -0.05) is 35.5 Å². The third kappa shape index (κ3) is 1.95. The van der Waals surface area contributed by atoms with Crippen molar-refractivity contribution in [3.05, 3.63) is 54.6 Å². The van der Waals surface area contributed by atoms with Crippen molar-refractivity contribution in [2.24, 2.45) is 0 Å². The Balaban J connectivity index is 2.00. The lowest BCUT2D eigenvalue weighted by Crippen LogP contribution is -2.31. The lowest BCUT2D eigenvalue weighted by Gasteiger charge is -2.16. The molecular formula is C14H12N4O. The summed E-state index contributed by atoms with van der Waals surface area (Å²) in [6.45, 7) is 0. The van der Waals surface area contributed by atoms with Crippen LogP contribution in [-0.2, 0) is 0 Å². The first kappa shape index (κ1) is 11.4. The summed E-state index contributed by atoms with van der Waals surface area (Å²) in [6.07, 6.45) is 0. The number of nitrogens with zero attached hydrogens (tertiary/aromatic N) is 4. The van der Waals surface area contributed by atoms with Gasteiger partial charge in [-0.2, -0.15) is 4.68 Å². The fourth-order valence-corrected chi connectivity index (χ4v) is 1.91. The van der Waals surface area contributed by atoms with Gasteiger partial charge in [-0.15, -0.1) is 5.10 Å². The summed E-state index contributed by atoms with van der Waals surface area (Å²) in [6, 6.07) is 16.6. The van der Waals surface area contributed by atoms with Crippen LogP contribution in [0.3, 0.4) is 0 Å². The van der Waals surface area contributed by atoms with Gasteiger partial charge in [0, 0.05) is 12.7 Å². The van der Waals surface area contributed by atoms with Crippen molar-refractivity contribution < 1.29 is 4.79 Å². The Morgan fingerprint density at radius 3 is 2.53 bits per heavy atom. The number of benzene rings is 2. The number of para-hydroxylation sites is 2. The highest BCUT2D eigenvalue weighted by Crippen LogP contribution is 2.15. The molecule has 1 amide bonds. The Labute approximate surface area is 110 Å². The van der Waals surface area contributed by atoms with Crippen LogP contribution in [0.25, 0.3) is 11.0 Å². The number of hydrogen-bond donors (Lipinski definition) is 0. The van der Waals surface area contributed by atoms with Crippen molar-refractivity contribution in [1.82, 2.24) is 15.0 Å². The molecule has 94 valence electrons. The van der Waals surface area contributed by atoms with E-state index >= 15 is 0 Å². The topological polar surface area (TPSA) is 51.0 Å². The van der Waals surface area contributed by atoms with Crippen LogP contribution in [0.4, 0.5) is 10.5 Å². The minimum absolute atomic E-state index is 0.236. The van der Waals surface area contributed by atoms with E-state index < -0.39 is 0 Å². The van der Waals surface area contributed by atoms with Gasteiger partial charge in [0.2, 0.25) is 0 Å². The van der Waals surface area contributed by atoms with E-state index in [4.69, 9.17) is 0 Å². The molecule has 1 heterocycles. The molecule has 0 saturated heterocycles. The van der Waals surface area contributed by atoms with Crippen molar-refractivity contribution in [2.45, 2.75) is 0 Å². The highest BCUT2D eigenvalue weighted by molar-refractivity contribution is 5.97. The third-order valence-corrected chi connectivity index (χ3v) is 2.96. The molecule has 0 aliphatic heterocycles. The van der Waals surface area contributed by atoms with Crippen molar-refractivity contribution >= 4 is 22.8 Å². The second kappa shape index (κ2) is 4.53. The largest absolute Gasteiger partial charge is 0.350 e. The van der Waals surface area contributed by atoms with Gasteiger partial charge in [-0.3, -0.25) is 4.90 Å². The highest BCUT2D eigenvalue weighted by Gasteiger charge is 2.16. The highest BCUT2D eigenvalue weighted by atomic mass is 16.2. The number of anilines is 1. The average molecular weight is 252 g/mol. The van der Waals surface area contributed by atoms with E-state index in [9.17, 15) is 4.79 Å². The molecule has 19 heavy (non-hydrogen) atoms. The van der Waals surface area contributed by atoms with Crippen LogP contribution in [0.15, 0.2) is 54.6 Å². The summed E-state index contributed by atoms with van der Waals surface area (Å²) < 4.78 is 1.31. The van der Waals surface area contributed by atoms with Crippen molar-refractivity contribution in [1.29, 1.82) is 0 Å². The van der Waals surface area contributed by atoms with Crippen molar-refractivity contribution in [3.63, 3.8) is 0 Å². The Morgan fingerprint density at radius 1 is 1.05 bits per heavy atom. The van der Waals surface area contributed by atoms with Gasteiger partial charge >= 0.3 is 6.03 Å². The molecule has 0 atom stereocenters. The summed E-state index contributed by atoms with van der Waals surface area (Å²) in [5.41, 5.74) is 2.22. The molecule has 0 spiro atoms. The quantitative estimate of drug-likeness (QED) is 0.668. The van der Waals surface area contributed by atoms with Crippen molar-refractivity contribution in [2.75, 3.05) is 11.9 Å². The summed E-state index contributed by atoms with van der Waals surface area (Å²) in [5, 5.41) is 7.90. The molecule has 0 fully saturated rings. The van der Waals surface area contributed by atoms with Crippen LogP contribution >= 0.6 is 0 Å². The summed E-state index contributed by atoms with van der Waals surface area (Å²) in [7, 11) is 1.72. The van der Waals surface area contributed by atoms with Gasteiger partial charge in [-0.05, 0) is 24.3 Å². The first-order chi connectivity index (χ1) is 9.27. The maximum Gasteiger partial charge on any atom is 0.350 e. The molecule has 3 rings (SSSR count). The standard InChI is InChI=1S/C14H12N4O/c1-17(11-7-3-2-4-8-11)14(19)18-13-10-6-5-9-12(13)15-16-18/h2-10H,1H3. The van der Waals surface area contributed by atoms with Crippen LogP contribution in [0.5, 0.6) is 0 Å². The normalized spacial score (nSPS) is 10.6. The zero-order chi connectivity index (χ0) is 13.2. The Kier molecular flexibility index (Phi) is 2.72. The second-order valence-corrected chi connectivity index (χ2v) is 4.17. The fourth-order valence-electron chi connectivity index (χ4n) is 1.91. The predicted molar refractivity (Wildman–Crippen MR) is 73.2 cm³/mol. The molecule has 0 radical (unpaired) electrons. The Bertz CT molecular complexity index is 720. The maximum atomic E-state index is 12.4. The average Bonchev–Trinajstić information content (AvgIpc) is 2.90. The smallest absolute Gasteiger partial charge is 0.296 e. The number of aromatic nitrogens is 3. The van der Waals surface area contributed by atoms with Gasteiger partial charge in [0.05, 0.1) is 5.52 Å². The van der Waals surface area contributed by atoms with Crippen molar-refractivity contribution in [3.8, 4) is 0 Å². The van der Waals surface area contributed by atoms with Crippen LogP contribution in [-0.4, -0.2) is 28.1 Å². The fraction of sp³-hybridized carbons (Fsp3) is 0.0714. The number of carbonyl (C=O) groups is 1. The number of rotatable bonds is 1. The van der Waals surface area contributed by atoms with Gasteiger partial charge in [-0.25, -0.2) is 4.79 Å². The molecule has 2 aromatic carbocycles. The number of hydrogen-bond acceptors (Lipinski definition) is 3. The Hall–Kier alpha value is -2.69. The second-order valence-electron chi connectivity index (χ2n) is 4.17. The molecule has 3 aromatic rings. The van der Waals surface area contributed by atoms with E-state index in [1.807, 2.05) is 54.6 Å². The van der Waals surface area contributed by atoms with E-state index in [-0.39, 0.29) is 6.03 Å². The maximum absolute atomic E-state index is 12.4. The van der Waals surface area contributed by atoms with Gasteiger partial charge in [0.15, 0.2) is 0 Å². The molecular weight excluding hydrogens is 240 g/mol. The van der Waals surface area contributed by atoms with E-state index in [1.54, 1.807) is 11.9 Å². The lowest BCUT2D eigenvalue weighted by atomic mass is 10.3. The van der Waals surface area contributed by atoms with E-state index in [0.717, 1.165) is 5.69 Å². The lowest BCUT2D eigenvalue weighted by molar-refractivity contribution is 0.246. The summed E-state index contributed by atoms with van der Waals surface area (Å²) >= 11 is 0. The molecule has 5 nitrogen and oxygen atoms in total. The van der Waals surface area contributed by atoms with E-state index in [2.05, 4.69) is 10.3 Å². The molecule has 0 saturated carbocycles. The van der Waals surface area contributed by atoms with Gasteiger partial charge in [0.25, 0.3) is 0 Å². The summed E-state index contributed by atoms with van der Waals surface area (Å²) in [5.74, 6) is 0. The van der Waals surface area contributed by atoms with Gasteiger partial charge in [0.1, 0.15) is 5.52 Å². The minimum Gasteiger partial charge on any atom is -0.296 e. The van der Waals surface area contributed by atoms with Crippen LogP contribution < -0.4 is 4.90 Å². The molecule has 0 unspecified atom stereocenters. The molecule has 0 aliphatic rings. The monoisotopic (exact) mass is 252 g/mol. The minimum atomic E-state index is -0.236. The zero-order valence-electron chi connectivity index (χ0n) is 10.4. The number of carbonyl (C=O) groups excluding carboxylic acids is 1. The molecule has 5 heteroatoms. The third-order valence-electron chi connectivity index (χ3n) is 2.96. The van der Waals surface area contributed by atoms with Crippen LogP contribution in [0.2, 0.25) is 0 Å². The van der Waals surface area contributed by atoms with E-state index in [1.165, 1.54) is 4.68 Å². The first-order valence-corrected chi connectivity index (χ1v) is 5.91. The predicted octanol–water partition coefficient (Wildman–Crippen LogP) is 2.54. The SMILES string of the molecule is CN(C(=O)n1nnc2ccccc21)c1ccccc1. The molecule has 0 N–H and O–H groups in total. The molecule has 1 aromatic heterocycles. The zero-order valence-corrected chi connectivity index (χ0v) is 10.4. The van der Waals surface area contributed by atoms with Crippen LogP contribution in [0.1, 0.15) is 0 Å². The van der Waals surface area contributed by atoms with Crippen LogP contribution in [0, 0.1) is 0 Å². The van der Waals surface area contributed by atoms with Gasteiger partial charge < -0.3 is 0 Å². The number of fused-ring (bicyclic) bond motifs is 1. The summed E-state index contributed by atoms with van der Waals surface area (Å²) in [4.78, 5) is 13.9. The van der Waals surface area contributed by atoms with E-state index in [0.29, 0.717) is 11.0 Å².